The summed E-state index contributed by atoms with van der Waals surface area (Å²) >= 11 is 0. The second kappa shape index (κ2) is 20.3. The fourth-order valence-electron chi connectivity index (χ4n) is 10.2. The molecular formula is C71H52N4OPt-2. The van der Waals surface area contributed by atoms with E-state index < -0.39 is 60.4 Å². The van der Waals surface area contributed by atoms with Crippen LogP contribution in [0.4, 0.5) is 0 Å². The van der Waals surface area contributed by atoms with E-state index in [9.17, 15) is 5.48 Å². The van der Waals surface area contributed by atoms with Gasteiger partial charge in [-0.3, -0.25) is 4.57 Å². The molecule has 10 aromatic carbocycles. The number of hydrogen-bond acceptors (Lipinski definition) is 2. The maximum absolute atomic E-state index is 9.21. The first-order chi connectivity index (χ1) is 41.4. The minimum Gasteiger partial charge on any atom is -0.509 e. The summed E-state index contributed by atoms with van der Waals surface area (Å²) in [5.41, 5.74) is 11.0. The van der Waals surface area contributed by atoms with E-state index >= 15 is 0 Å². The van der Waals surface area contributed by atoms with Crippen LogP contribution < -0.4 is 9.30 Å². The summed E-state index contributed by atoms with van der Waals surface area (Å²) in [6.07, 6.45) is 5.37. The topological polar surface area (TPSA) is 35.9 Å². The predicted octanol–water partition coefficient (Wildman–Crippen LogP) is 17.5. The Morgan fingerprint density at radius 1 is 0.532 bits per heavy atom. The number of para-hydroxylation sites is 4. The summed E-state index contributed by atoms with van der Waals surface area (Å²) in [5, 5.41) is 1.98. The minimum absolute atomic E-state index is 0. The van der Waals surface area contributed by atoms with Gasteiger partial charge in [0.05, 0.1) is 30.4 Å². The number of imidazole rings is 1. The van der Waals surface area contributed by atoms with Crippen LogP contribution in [0.5, 0.6) is 11.5 Å². The maximum Gasteiger partial charge on any atom is 0.268 e. The first-order valence-electron chi connectivity index (χ1n) is 30.0. The summed E-state index contributed by atoms with van der Waals surface area (Å²) in [7, 11) is 0. The van der Waals surface area contributed by atoms with Gasteiger partial charge < -0.3 is 13.9 Å². The SMILES string of the molecule is [2H]c1c([2H])c([2H])c(-c2cccc(-c3c([2H])c([2H])c([2H])c([2H])c3[2H])c2-[n+]2[c-]n(-c3[c-]c(Oc4[c-]c5c(cc4)c4ccccc4n5-c4cc(C(C)(C)C)ccn4)c(-c4cc(-c5ccccc5)cc(-c5ccccc5)c4C)cc3)c3ccccc32)c([2H])c1[2H].[Pt]. The van der Waals surface area contributed by atoms with Crippen LogP contribution in [-0.4, -0.2) is 14.1 Å². The Morgan fingerprint density at radius 2 is 1.17 bits per heavy atom. The van der Waals surface area contributed by atoms with Gasteiger partial charge in [0.25, 0.3) is 6.33 Å². The normalized spacial score (nSPS) is 13.4. The molecule has 0 fully saturated rings. The fraction of sp³-hybridized carbons (Fsp3) is 0.0704. The molecule has 0 aliphatic rings. The van der Waals surface area contributed by atoms with Gasteiger partial charge in [0.2, 0.25) is 0 Å². The second-order valence-electron chi connectivity index (χ2n) is 19.7. The van der Waals surface area contributed by atoms with Crippen LogP contribution in [0.2, 0.25) is 0 Å². The van der Waals surface area contributed by atoms with Crippen molar-refractivity contribution >= 4 is 32.8 Å². The molecule has 77 heavy (non-hydrogen) atoms. The van der Waals surface area contributed by atoms with Crippen molar-refractivity contribution in [2.75, 3.05) is 0 Å². The number of rotatable bonds is 10. The van der Waals surface area contributed by atoms with Gasteiger partial charge in [-0.15, -0.1) is 23.6 Å². The zero-order valence-electron chi connectivity index (χ0n) is 52.3. The van der Waals surface area contributed by atoms with Crippen LogP contribution in [0, 0.1) is 25.4 Å². The molecule has 0 N–H and O–H groups in total. The average Bonchev–Trinajstić information content (AvgIpc) is 1.97. The Kier molecular flexibility index (Phi) is 10.2. The molecule has 0 radical (unpaired) electrons. The largest absolute Gasteiger partial charge is 0.509 e. The number of aromatic nitrogens is 4. The molecule has 374 valence electrons. The molecule has 0 unspecified atom stereocenters. The summed E-state index contributed by atoms with van der Waals surface area (Å²) in [6, 6.07) is 59.3. The third-order valence-electron chi connectivity index (χ3n) is 14.0. The van der Waals surface area contributed by atoms with Gasteiger partial charge in [-0.1, -0.05) is 225 Å². The Labute approximate surface area is 478 Å². The third kappa shape index (κ3) is 9.07. The summed E-state index contributed by atoms with van der Waals surface area (Å²) < 4.78 is 102. The predicted molar refractivity (Wildman–Crippen MR) is 311 cm³/mol. The Balaban J connectivity index is 0.00000739. The van der Waals surface area contributed by atoms with Gasteiger partial charge in [0, 0.05) is 44.3 Å². The van der Waals surface area contributed by atoms with Crippen LogP contribution in [0.3, 0.4) is 0 Å². The molecule has 13 rings (SSSR count). The Hall–Kier alpha value is -8.89. The van der Waals surface area contributed by atoms with Gasteiger partial charge in [-0.25, -0.2) is 4.98 Å². The van der Waals surface area contributed by atoms with Crippen LogP contribution in [0.25, 0.3) is 106 Å². The van der Waals surface area contributed by atoms with Gasteiger partial charge in [0.15, 0.2) is 0 Å². The van der Waals surface area contributed by atoms with Gasteiger partial charge in [-0.05, 0) is 103 Å². The molecule has 0 aliphatic heterocycles. The molecule has 6 heteroatoms. The van der Waals surface area contributed by atoms with Crippen molar-refractivity contribution in [2.24, 2.45) is 0 Å². The summed E-state index contributed by atoms with van der Waals surface area (Å²) in [6.45, 7) is 8.64. The van der Waals surface area contributed by atoms with Crippen LogP contribution in [0.15, 0.2) is 243 Å². The second-order valence-corrected chi connectivity index (χ2v) is 19.7. The molecule has 0 saturated carbocycles. The Morgan fingerprint density at radius 3 is 1.87 bits per heavy atom. The molecule has 0 saturated heterocycles. The molecule has 0 amide bonds. The van der Waals surface area contributed by atoms with Gasteiger partial charge >= 0.3 is 0 Å². The summed E-state index contributed by atoms with van der Waals surface area (Å²) in [5.74, 6) is 1.48. The molecule has 0 atom stereocenters. The summed E-state index contributed by atoms with van der Waals surface area (Å²) in [4.78, 5) is 4.92. The number of fused-ring (bicyclic) bond motifs is 4. The number of hydrogen-bond donors (Lipinski definition) is 0. The monoisotopic (exact) mass is 1180 g/mol. The van der Waals surface area contributed by atoms with Crippen molar-refractivity contribution in [3.05, 3.63) is 272 Å². The smallest absolute Gasteiger partial charge is 0.268 e. The van der Waals surface area contributed by atoms with Crippen LogP contribution in [0.1, 0.15) is 45.6 Å². The fourth-order valence-corrected chi connectivity index (χ4v) is 10.2. The molecule has 3 heterocycles. The zero-order valence-corrected chi connectivity index (χ0v) is 44.6. The van der Waals surface area contributed by atoms with E-state index in [2.05, 4.69) is 105 Å². The quantitative estimate of drug-likeness (QED) is 0.101. The minimum atomic E-state index is -0.582. The Bertz CT molecular complexity index is 4780. The maximum atomic E-state index is 9.21. The molecule has 3 aromatic heterocycles. The zero-order chi connectivity index (χ0) is 60.0. The van der Waals surface area contributed by atoms with E-state index in [1.54, 1.807) is 27.3 Å². The van der Waals surface area contributed by atoms with E-state index in [0.717, 1.165) is 66.6 Å². The van der Waals surface area contributed by atoms with Crippen LogP contribution in [-0.2, 0) is 26.5 Å². The van der Waals surface area contributed by atoms with E-state index in [1.807, 2.05) is 109 Å². The van der Waals surface area contributed by atoms with Crippen molar-refractivity contribution in [1.82, 2.24) is 14.1 Å². The van der Waals surface area contributed by atoms with Crippen molar-refractivity contribution in [3.63, 3.8) is 0 Å². The number of benzene rings is 10. The third-order valence-corrected chi connectivity index (χ3v) is 14.0. The molecule has 0 aliphatic carbocycles. The number of pyridine rings is 1. The van der Waals surface area contributed by atoms with E-state index in [1.165, 1.54) is 0 Å². The standard InChI is InChI=1S/C71H52N4O.Pt/c1-48-62(52-28-15-8-16-29-52)42-53(49-22-9-5-10-23-49)43-63(48)61-38-36-55(45-68(61)76-56-37-39-60-59-30-17-18-33-64(59)75(67(60)46-56)69-44-54(40-41-72-69)71(2,3)4)73-47-74(66-35-20-19-34-65(66)73)70-57(50-24-11-6-12-25-50)31-21-32-58(70)51-26-13-7-14-27-51;/h5-44H,1-4H3;/q-2;/i6D,7D,11D,12D,13D,14D,24D,25D,26D,27D;. The average molecular weight is 1180 g/mol. The molecule has 0 bridgehead atoms. The first kappa shape index (κ1) is 38.6. The van der Waals surface area contributed by atoms with E-state index in [-0.39, 0.29) is 54.4 Å². The first-order valence-corrected chi connectivity index (χ1v) is 25.0. The van der Waals surface area contributed by atoms with Crippen molar-refractivity contribution in [2.45, 2.75) is 33.1 Å². The molecule has 0 spiro atoms. The van der Waals surface area contributed by atoms with Crippen molar-refractivity contribution in [1.29, 1.82) is 0 Å². The number of ether oxygens (including phenoxy) is 1. The molecule has 13 aromatic rings. The van der Waals surface area contributed by atoms with Crippen LogP contribution >= 0.6 is 0 Å². The van der Waals surface area contributed by atoms with Crippen molar-refractivity contribution < 1.29 is 44.1 Å². The van der Waals surface area contributed by atoms with E-state index in [4.69, 9.17) is 17.9 Å². The van der Waals surface area contributed by atoms with Gasteiger partial charge in [-0.2, -0.15) is 18.2 Å². The molecular weight excluding hydrogens is 1120 g/mol. The number of nitrogens with zero attached hydrogens (tertiary/aromatic N) is 4. The van der Waals surface area contributed by atoms with Crippen molar-refractivity contribution in [3.8, 4) is 84.3 Å². The van der Waals surface area contributed by atoms with E-state index in [0.29, 0.717) is 33.8 Å². The van der Waals surface area contributed by atoms with Gasteiger partial charge in [0.1, 0.15) is 5.82 Å². The molecule has 5 nitrogen and oxygen atoms in total.